The predicted octanol–water partition coefficient (Wildman–Crippen LogP) is 3.70. The molecule has 0 aromatic heterocycles. The standard InChI is InChI=1S/C11H18/c1-8(2)10-7-11(4,5)6-9(10)3/h6H,7H2,1-5H3. The van der Waals surface area contributed by atoms with Crippen LogP contribution in [0.5, 0.6) is 0 Å². The first-order valence-electron chi connectivity index (χ1n) is 4.28. The fraction of sp³-hybridized carbons (Fsp3) is 0.636. The van der Waals surface area contributed by atoms with E-state index in [0.717, 1.165) is 0 Å². The van der Waals surface area contributed by atoms with Gasteiger partial charge in [0, 0.05) is 0 Å². The maximum Gasteiger partial charge on any atom is -0.0129 e. The van der Waals surface area contributed by atoms with Crippen LogP contribution in [0, 0.1) is 5.41 Å². The van der Waals surface area contributed by atoms with E-state index in [1.165, 1.54) is 17.6 Å². The van der Waals surface area contributed by atoms with Crippen molar-refractivity contribution < 1.29 is 0 Å². The summed E-state index contributed by atoms with van der Waals surface area (Å²) in [5.74, 6) is 0. The van der Waals surface area contributed by atoms with Gasteiger partial charge in [-0.05, 0) is 38.2 Å². The van der Waals surface area contributed by atoms with Crippen molar-refractivity contribution in [3.63, 3.8) is 0 Å². The van der Waals surface area contributed by atoms with E-state index in [0.29, 0.717) is 5.41 Å². The van der Waals surface area contributed by atoms with Gasteiger partial charge in [0.25, 0.3) is 0 Å². The molecule has 0 nitrogen and oxygen atoms in total. The van der Waals surface area contributed by atoms with Crippen molar-refractivity contribution in [3.8, 4) is 0 Å². The molecule has 0 aromatic rings. The third kappa shape index (κ3) is 1.74. The topological polar surface area (TPSA) is 0 Å². The van der Waals surface area contributed by atoms with Crippen molar-refractivity contribution in [2.45, 2.75) is 41.0 Å². The molecule has 1 aliphatic carbocycles. The largest absolute Gasteiger partial charge is 0.0753 e. The van der Waals surface area contributed by atoms with E-state index in [1.54, 1.807) is 5.57 Å². The van der Waals surface area contributed by atoms with Crippen LogP contribution in [0.4, 0.5) is 0 Å². The van der Waals surface area contributed by atoms with Gasteiger partial charge >= 0.3 is 0 Å². The van der Waals surface area contributed by atoms with Gasteiger partial charge in [0.2, 0.25) is 0 Å². The molecule has 0 atom stereocenters. The van der Waals surface area contributed by atoms with Gasteiger partial charge in [-0.2, -0.15) is 0 Å². The number of hydrogen-bond donors (Lipinski definition) is 0. The highest BCUT2D eigenvalue weighted by atomic mass is 14.3. The second-order valence-electron chi connectivity index (χ2n) is 4.47. The average Bonchev–Trinajstić information content (AvgIpc) is 2.05. The molecule has 62 valence electrons. The zero-order valence-corrected chi connectivity index (χ0v) is 8.28. The Kier molecular flexibility index (Phi) is 1.96. The van der Waals surface area contributed by atoms with E-state index >= 15 is 0 Å². The highest BCUT2D eigenvalue weighted by Gasteiger charge is 2.24. The SMILES string of the molecule is CC1=CC(C)(C)CC1=C(C)C. The van der Waals surface area contributed by atoms with Gasteiger partial charge in [0.15, 0.2) is 0 Å². The molecule has 0 amide bonds. The quantitative estimate of drug-likeness (QED) is 0.494. The van der Waals surface area contributed by atoms with Crippen molar-refractivity contribution >= 4 is 0 Å². The first kappa shape index (κ1) is 8.58. The van der Waals surface area contributed by atoms with Crippen LogP contribution in [0.3, 0.4) is 0 Å². The van der Waals surface area contributed by atoms with Crippen LogP contribution in [0.1, 0.15) is 41.0 Å². The van der Waals surface area contributed by atoms with Gasteiger partial charge in [-0.1, -0.05) is 31.1 Å². The van der Waals surface area contributed by atoms with Gasteiger partial charge in [0.1, 0.15) is 0 Å². The number of hydrogen-bond acceptors (Lipinski definition) is 0. The lowest BCUT2D eigenvalue weighted by Gasteiger charge is -2.13. The van der Waals surface area contributed by atoms with Crippen LogP contribution in [0.25, 0.3) is 0 Å². The van der Waals surface area contributed by atoms with E-state index in [1.807, 2.05) is 0 Å². The summed E-state index contributed by atoms with van der Waals surface area (Å²) < 4.78 is 0. The van der Waals surface area contributed by atoms with Crippen LogP contribution in [-0.2, 0) is 0 Å². The van der Waals surface area contributed by atoms with Gasteiger partial charge in [0.05, 0.1) is 0 Å². The molecule has 0 spiro atoms. The third-order valence-corrected chi connectivity index (χ3v) is 2.32. The highest BCUT2D eigenvalue weighted by molar-refractivity contribution is 5.40. The maximum absolute atomic E-state index is 2.38. The highest BCUT2D eigenvalue weighted by Crippen LogP contribution is 2.39. The molecule has 0 radical (unpaired) electrons. The monoisotopic (exact) mass is 150 g/mol. The van der Waals surface area contributed by atoms with Crippen LogP contribution in [0.2, 0.25) is 0 Å². The maximum atomic E-state index is 2.38. The smallest absolute Gasteiger partial charge is 0.0129 e. The molecule has 0 fully saturated rings. The molecule has 0 aliphatic heterocycles. The molecule has 0 N–H and O–H groups in total. The Labute approximate surface area is 70.0 Å². The van der Waals surface area contributed by atoms with Crippen LogP contribution in [0.15, 0.2) is 22.8 Å². The Hall–Kier alpha value is -0.520. The molecule has 0 saturated heterocycles. The molecule has 0 heterocycles. The van der Waals surface area contributed by atoms with Crippen LogP contribution in [-0.4, -0.2) is 0 Å². The summed E-state index contributed by atoms with van der Waals surface area (Å²) in [4.78, 5) is 0. The Bertz CT molecular complexity index is 222. The van der Waals surface area contributed by atoms with E-state index in [4.69, 9.17) is 0 Å². The summed E-state index contributed by atoms with van der Waals surface area (Å²) in [6.45, 7) is 11.2. The van der Waals surface area contributed by atoms with Crippen molar-refractivity contribution in [2.75, 3.05) is 0 Å². The summed E-state index contributed by atoms with van der Waals surface area (Å²) in [6.07, 6.45) is 3.61. The lowest BCUT2D eigenvalue weighted by atomic mass is 9.91. The fourth-order valence-electron chi connectivity index (χ4n) is 1.89. The third-order valence-electron chi connectivity index (χ3n) is 2.32. The molecule has 0 saturated carbocycles. The predicted molar refractivity (Wildman–Crippen MR) is 50.5 cm³/mol. The van der Waals surface area contributed by atoms with E-state index < -0.39 is 0 Å². The average molecular weight is 150 g/mol. The molecule has 0 unspecified atom stereocenters. The lowest BCUT2D eigenvalue weighted by molar-refractivity contribution is 0.498. The molecule has 1 rings (SSSR count). The zero-order valence-electron chi connectivity index (χ0n) is 8.28. The van der Waals surface area contributed by atoms with Crippen molar-refractivity contribution in [1.29, 1.82) is 0 Å². The summed E-state index contributed by atoms with van der Waals surface area (Å²) in [7, 11) is 0. The van der Waals surface area contributed by atoms with Crippen LogP contribution < -0.4 is 0 Å². The van der Waals surface area contributed by atoms with Gasteiger partial charge in [-0.25, -0.2) is 0 Å². The van der Waals surface area contributed by atoms with E-state index in [-0.39, 0.29) is 0 Å². The minimum Gasteiger partial charge on any atom is -0.0753 e. The fourth-order valence-corrected chi connectivity index (χ4v) is 1.89. The summed E-state index contributed by atoms with van der Waals surface area (Å²) in [5, 5.41) is 0. The summed E-state index contributed by atoms with van der Waals surface area (Å²) in [6, 6.07) is 0. The molecular weight excluding hydrogens is 132 g/mol. The Morgan fingerprint density at radius 1 is 1.36 bits per heavy atom. The van der Waals surface area contributed by atoms with Crippen molar-refractivity contribution in [2.24, 2.45) is 5.41 Å². The lowest BCUT2D eigenvalue weighted by Crippen LogP contribution is -2.01. The second-order valence-corrected chi connectivity index (χ2v) is 4.47. The van der Waals surface area contributed by atoms with Gasteiger partial charge in [-0.3, -0.25) is 0 Å². The van der Waals surface area contributed by atoms with Crippen LogP contribution >= 0.6 is 0 Å². The van der Waals surface area contributed by atoms with Crippen molar-refractivity contribution in [1.82, 2.24) is 0 Å². The van der Waals surface area contributed by atoms with Gasteiger partial charge < -0.3 is 0 Å². The van der Waals surface area contributed by atoms with Crippen molar-refractivity contribution in [3.05, 3.63) is 22.8 Å². The molecular formula is C11H18. The first-order chi connectivity index (χ1) is 4.92. The normalized spacial score (nSPS) is 21.9. The zero-order chi connectivity index (χ0) is 8.65. The minimum absolute atomic E-state index is 0.399. The first-order valence-corrected chi connectivity index (χ1v) is 4.28. The molecule has 11 heavy (non-hydrogen) atoms. The number of rotatable bonds is 0. The molecule has 1 aliphatic rings. The van der Waals surface area contributed by atoms with E-state index in [9.17, 15) is 0 Å². The molecule has 0 heteroatoms. The van der Waals surface area contributed by atoms with E-state index in [2.05, 4.69) is 40.7 Å². The summed E-state index contributed by atoms with van der Waals surface area (Å²) in [5.41, 5.74) is 4.92. The Morgan fingerprint density at radius 2 is 1.91 bits per heavy atom. The number of allylic oxidation sites excluding steroid dienone is 4. The second kappa shape index (κ2) is 2.51. The Morgan fingerprint density at radius 3 is 2.09 bits per heavy atom. The molecule has 0 aromatic carbocycles. The minimum atomic E-state index is 0.399. The molecule has 0 bridgehead atoms. The van der Waals surface area contributed by atoms with Gasteiger partial charge in [-0.15, -0.1) is 0 Å². The summed E-state index contributed by atoms with van der Waals surface area (Å²) >= 11 is 0. The Balaban J connectivity index is 2.99.